The molecule has 1 aliphatic carbocycles. The molecule has 134 valence electrons. The molecule has 4 rings (SSSR count). The number of likely N-dealkylation sites (tertiary alicyclic amines) is 2. The second-order valence-corrected chi connectivity index (χ2v) is 8.18. The van der Waals surface area contributed by atoms with Gasteiger partial charge >= 0.3 is 0 Å². The molecule has 2 saturated heterocycles. The van der Waals surface area contributed by atoms with Gasteiger partial charge < -0.3 is 0 Å². The third-order valence-corrected chi connectivity index (χ3v) is 6.47. The zero-order valence-corrected chi connectivity index (χ0v) is 15.0. The molecule has 4 heteroatoms. The lowest BCUT2D eigenvalue weighted by Gasteiger charge is -2.34. The van der Waals surface area contributed by atoms with Gasteiger partial charge in [0.15, 0.2) is 0 Å². The topological polar surface area (TPSA) is 40.6 Å². The number of piperidine rings is 1. The van der Waals surface area contributed by atoms with Crippen LogP contribution in [0.1, 0.15) is 50.5 Å². The van der Waals surface area contributed by atoms with Crippen LogP contribution in [0.2, 0.25) is 0 Å². The van der Waals surface area contributed by atoms with Gasteiger partial charge in [0.25, 0.3) is 0 Å². The third-order valence-electron chi connectivity index (χ3n) is 6.47. The predicted octanol–water partition coefficient (Wildman–Crippen LogP) is 3.22. The Kier molecular flexibility index (Phi) is 4.63. The van der Waals surface area contributed by atoms with E-state index in [0.717, 1.165) is 58.0 Å². The number of hydrogen-bond donors (Lipinski definition) is 0. The molecule has 4 nitrogen and oxygen atoms in total. The Hall–Kier alpha value is -1.68. The SMILES string of the molecule is O=C1CC2(CCCC2)C(=O)N1CN1CCC(Cc2ccccc2)CC1. The molecule has 1 aromatic carbocycles. The van der Waals surface area contributed by atoms with Crippen molar-refractivity contribution in [2.45, 2.75) is 51.4 Å². The van der Waals surface area contributed by atoms with Crippen LogP contribution in [0.3, 0.4) is 0 Å². The van der Waals surface area contributed by atoms with Crippen molar-refractivity contribution in [3.63, 3.8) is 0 Å². The van der Waals surface area contributed by atoms with Crippen molar-refractivity contribution in [3.05, 3.63) is 35.9 Å². The molecule has 2 amide bonds. The van der Waals surface area contributed by atoms with E-state index < -0.39 is 0 Å². The lowest BCUT2D eigenvalue weighted by Crippen LogP contribution is -2.46. The quantitative estimate of drug-likeness (QED) is 0.790. The first-order valence-electron chi connectivity index (χ1n) is 9.77. The Morgan fingerprint density at radius 3 is 2.36 bits per heavy atom. The van der Waals surface area contributed by atoms with Crippen molar-refractivity contribution in [3.8, 4) is 0 Å². The highest BCUT2D eigenvalue weighted by atomic mass is 16.2. The summed E-state index contributed by atoms with van der Waals surface area (Å²) in [6.07, 6.45) is 7.90. The van der Waals surface area contributed by atoms with Gasteiger partial charge in [-0.15, -0.1) is 0 Å². The molecule has 0 bridgehead atoms. The van der Waals surface area contributed by atoms with Crippen molar-refractivity contribution >= 4 is 11.8 Å². The summed E-state index contributed by atoms with van der Waals surface area (Å²) in [4.78, 5) is 29.1. The molecule has 2 aliphatic heterocycles. The van der Waals surface area contributed by atoms with Gasteiger partial charge in [0.05, 0.1) is 12.1 Å². The minimum atomic E-state index is -0.331. The summed E-state index contributed by atoms with van der Waals surface area (Å²) >= 11 is 0. The van der Waals surface area contributed by atoms with Gasteiger partial charge in [0, 0.05) is 19.5 Å². The van der Waals surface area contributed by atoms with Crippen LogP contribution in [-0.2, 0) is 16.0 Å². The fourth-order valence-corrected chi connectivity index (χ4v) is 4.92. The van der Waals surface area contributed by atoms with Gasteiger partial charge in [-0.05, 0) is 43.6 Å². The van der Waals surface area contributed by atoms with E-state index in [4.69, 9.17) is 0 Å². The van der Waals surface area contributed by atoms with Gasteiger partial charge in [0.1, 0.15) is 0 Å². The van der Waals surface area contributed by atoms with Gasteiger partial charge in [-0.1, -0.05) is 43.2 Å². The fraction of sp³-hybridized carbons (Fsp3) is 0.619. The molecule has 0 aromatic heterocycles. The average molecular weight is 340 g/mol. The minimum absolute atomic E-state index is 0.0540. The summed E-state index contributed by atoms with van der Waals surface area (Å²) in [5.41, 5.74) is 1.08. The van der Waals surface area contributed by atoms with E-state index in [2.05, 4.69) is 35.2 Å². The monoisotopic (exact) mass is 340 g/mol. The standard InChI is InChI=1S/C21H28N2O2/c24-19-15-21(10-4-5-11-21)20(25)23(19)16-22-12-8-18(9-13-22)14-17-6-2-1-3-7-17/h1-3,6-7,18H,4-5,8-16H2. The van der Waals surface area contributed by atoms with Crippen LogP contribution in [0.5, 0.6) is 0 Å². The van der Waals surface area contributed by atoms with E-state index in [-0.39, 0.29) is 17.2 Å². The number of amides is 2. The molecule has 1 aromatic rings. The highest BCUT2D eigenvalue weighted by Gasteiger charge is 2.52. The number of rotatable bonds is 4. The van der Waals surface area contributed by atoms with Crippen molar-refractivity contribution in [1.82, 2.24) is 9.80 Å². The lowest BCUT2D eigenvalue weighted by atomic mass is 9.84. The van der Waals surface area contributed by atoms with E-state index in [1.807, 2.05) is 0 Å². The molecule has 0 atom stereocenters. The van der Waals surface area contributed by atoms with E-state index in [9.17, 15) is 9.59 Å². The Balaban J connectivity index is 1.30. The molecule has 1 spiro atoms. The second kappa shape index (κ2) is 6.91. The van der Waals surface area contributed by atoms with Crippen LogP contribution in [0.15, 0.2) is 30.3 Å². The maximum Gasteiger partial charge on any atom is 0.237 e. The predicted molar refractivity (Wildman–Crippen MR) is 96.7 cm³/mol. The van der Waals surface area contributed by atoms with E-state index in [1.165, 1.54) is 5.56 Å². The molecule has 0 N–H and O–H groups in total. The smallest absolute Gasteiger partial charge is 0.237 e. The Bertz CT molecular complexity index is 629. The van der Waals surface area contributed by atoms with Crippen molar-refractivity contribution in [2.24, 2.45) is 11.3 Å². The molecule has 0 radical (unpaired) electrons. The first kappa shape index (κ1) is 16.8. The second-order valence-electron chi connectivity index (χ2n) is 8.18. The number of carbonyl (C=O) groups is 2. The van der Waals surface area contributed by atoms with Crippen LogP contribution in [0.25, 0.3) is 0 Å². The van der Waals surface area contributed by atoms with Crippen LogP contribution in [0.4, 0.5) is 0 Å². The average Bonchev–Trinajstić information content (AvgIpc) is 3.18. The molecule has 3 fully saturated rings. The van der Waals surface area contributed by atoms with Crippen molar-refractivity contribution in [2.75, 3.05) is 19.8 Å². The molecule has 25 heavy (non-hydrogen) atoms. The van der Waals surface area contributed by atoms with Crippen LogP contribution in [-0.4, -0.2) is 41.4 Å². The van der Waals surface area contributed by atoms with Crippen molar-refractivity contribution < 1.29 is 9.59 Å². The maximum absolute atomic E-state index is 12.8. The first-order chi connectivity index (χ1) is 12.2. The van der Waals surface area contributed by atoms with Gasteiger partial charge in [-0.2, -0.15) is 0 Å². The molecule has 3 aliphatic rings. The van der Waals surface area contributed by atoms with E-state index in [0.29, 0.717) is 19.0 Å². The van der Waals surface area contributed by atoms with E-state index in [1.54, 1.807) is 4.90 Å². The van der Waals surface area contributed by atoms with Crippen LogP contribution in [0, 0.1) is 11.3 Å². The zero-order chi connectivity index (χ0) is 17.3. The Morgan fingerprint density at radius 2 is 1.68 bits per heavy atom. The summed E-state index contributed by atoms with van der Waals surface area (Å²) in [6.45, 7) is 2.49. The summed E-state index contributed by atoms with van der Waals surface area (Å²) in [5, 5.41) is 0. The summed E-state index contributed by atoms with van der Waals surface area (Å²) in [6, 6.07) is 10.7. The van der Waals surface area contributed by atoms with E-state index >= 15 is 0 Å². The largest absolute Gasteiger partial charge is 0.286 e. The highest BCUT2D eigenvalue weighted by molar-refractivity contribution is 6.06. The third kappa shape index (κ3) is 3.37. The number of carbonyl (C=O) groups excluding carboxylic acids is 2. The lowest BCUT2D eigenvalue weighted by molar-refractivity contribution is -0.144. The van der Waals surface area contributed by atoms with Crippen LogP contribution >= 0.6 is 0 Å². The molecule has 2 heterocycles. The number of benzene rings is 1. The van der Waals surface area contributed by atoms with Gasteiger partial charge in [-0.25, -0.2) is 0 Å². The van der Waals surface area contributed by atoms with Gasteiger partial charge in [0.2, 0.25) is 11.8 Å². The zero-order valence-electron chi connectivity index (χ0n) is 15.0. The number of imide groups is 1. The summed E-state index contributed by atoms with van der Waals surface area (Å²) < 4.78 is 0. The van der Waals surface area contributed by atoms with Crippen molar-refractivity contribution in [1.29, 1.82) is 0 Å². The molecule has 0 unspecified atom stereocenters. The summed E-state index contributed by atoms with van der Waals surface area (Å²) in [7, 11) is 0. The minimum Gasteiger partial charge on any atom is -0.286 e. The summed E-state index contributed by atoms with van der Waals surface area (Å²) in [5.74, 6) is 0.879. The Labute approximate surface area is 150 Å². The fourth-order valence-electron chi connectivity index (χ4n) is 4.92. The first-order valence-corrected chi connectivity index (χ1v) is 9.77. The Morgan fingerprint density at radius 1 is 1.00 bits per heavy atom. The van der Waals surface area contributed by atoms with Gasteiger partial charge in [-0.3, -0.25) is 19.4 Å². The normalized spacial score (nSPS) is 24.6. The highest BCUT2D eigenvalue weighted by Crippen LogP contribution is 2.46. The number of nitrogens with zero attached hydrogens (tertiary/aromatic N) is 2. The maximum atomic E-state index is 12.8. The molecular weight excluding hydrogens is 312 g/mol. The molecular formula is C21H28N2O2. The van der Waals surface area contributed by atoms with Crippen LogP contribution < -0.4 is 0 Å². The molecule has 1 saturated carbocycles. The number of hydrogen-bond acceptors (Lipinski definition) is 3.